The maximum atomic E-state index is 9.89. The summed E-state index contributed by atoms with van der Waals surface area (Å²) in [6.45, 7) is 6.04. The first kappa shape index (κ1) is 29.1. The summed E-state index contributed by atoms with van der Waals surface area (Å²) >= 11 is 0. The van der Waals surface area contributed by atoms with Gasteiger partial charge in [-0.2, -0.15) is 5.10 Å². The lowest BCUT2D eigenvalue weighted by Crippen LogP contribution is -2.35. The average Bonchev–Trinajstić information content (AvgIpc) is 3.35. The zero-order valence-corrected chi connectivity index (χ0v) is 20.9. The number of hydrogen-bond acceptors (Lipinski definition) is 7. The minimum atomic E-state index is -1.26. The van der Waals surface area contributed by atoms with E-state index < -0.39 is 18.0 Å². The number of carbonyl (C=O) groups is 2. The molecule has 0 aliphatic rings. The fraction of sp³-hybridized carbons (Fsp3) is 0.296. The lowest BCUT2D eigenvalue weighted by atomic mass is 10.1. The molecule has 0 spiro atoms. The first-order valence-electron chi connectivity index (χ1n) is 11.7. The van der Waals surface area contributed by atoms with Gasteiger partial charge >= 0.3 is 11.9 Å². The third-order valence-corrected chi connectivity index (χ3v) is 4.73. The van der Waals surface area contributed by atoms with Crippen LogP contribution in [0.3, 0.4) is 0 Å². The number of aromatic nitrogens is 2. The predicted octanol–water partition coefficient (Wildman–Crippen LogP) is 3.08. The van der Waals surface area contributed by atoms with E-state index >= 15 is 0 Å². The molecule has 0 radical (unpaired) electrons. The van der Waals surface area contributed by atoms with Gasteiger partial charge in [-0.1, -0.05) is 44.2 Å². The smallest absolute Gasteiger partial charge is 0.328 e. The molecule has 198 valence electrons. The van der Waals surface area contributed by atoms with Gasteiger partial charge in [-0.15, -0.1) is 0 Å². The van der Waals surface area contributed by atoms with Crippen molar-refractivity contribution in [1.29, 1.82) is 0 Å². The minimum absolute atomic E-state index is 0.253. The molecular weight excluding hydrogens is 478 g/mol. The van der Waals surface area contributed by atoms with E-state index in [9.17, 15) is 14.7 Å². The summed E-state index contributed by atoms with van der Waals surface area (Å²) in [5.74, 6) is -1.03. The number of benzene rings is 2. The number of carboxylic acid groups (broad SMARTS) is 2. The van der Waals surface area contributed by atoms with E-state index in [0.717, 1.165) is 16.9 Å². The van der Waals surface area contributed by atoms with Crippen molar-refractivity contribution in [3.05, 3.63) is 79.1 Å². The molecule has 0 amide bonds. The van der Waals surface area contributed by atoms with E-state index in [0.29, 0.717) is 43.6 Å². The third kappa shape index (κ3) is 12.4. The predicted molar refractivity (Wildman–Crippen MR) is 139 cm³/mol. The first-order valence-corrected chi connectivity index (χ1v) is 11.7. The third-order valence-electron chi connectivity index (χ3n) is 4.73. The van der Waals surface area contributed by atoms with Crippen molar-refractivity contribution in [3.63, 3.8) is 0 Å². The SMILES string of the molecule is CC(C)NCC(O)COc1ccc(OCCn2cc(-c3ccccc3)cn2)cc1.O=C(O)/C=C\C(=O)O. The summed E-state index contributed by atoms with van der Waals surface area (Å²) in [5, 5.41) is 33.1. The molecule has 10 heteroatoms. The van der Waals surface area contributed by atoms with Crippen molar-refractivity contribution >= 4 is 11.9 Å². The Morgan fingerprint density at radius 3 is 2.11 bits per heavy atom. The Balaban J connectivity index is 0.000000521. The van der Waals surface area contributed by atoms with Crippen LogP contribution in [0.4, 0.5) is 0 Å². The number of ether oxygens (including phenoxy) is 2. The Morgan fingerprint density at radius 1 is 0.946 bits per heavy atom. The molecule has 0 fully saturated rings. The van der Waals surface area contributed by atoms with E-state index in [1.54, 1.807) is 0 Å². The number of aliphatic carboxylic acids is 2. The molecule has 0 bridgehead atoms. The molecule has 1 atom stereocenters. The minimum Gasteiger partial charge on any atom is -0.492 e. The summed E-state index contributed by atoms with van der Waals surface area (Å²) < 4.78 is 13.3. The van der Waals surface area contributed by atoms with Crippen LogP contribution in [0.2, 0.25) is 0 Å². The van der Waals surface area contributed by atoms with Gasteiger partial charge in [0.25, 0.3) is 0 Å². The normalized spacial score (nSPS) is 11.6. The lowest BCUT2D eigenvalue weighted by molar-refractivity contribution is -0.134. The van der Waals surface area contributed by atoms with Crippen LogP contribution in [0.25, 0.3) is 11.1 Å². The summed E-state index contributed by atoms with van der Waals surface area (Å²) in [5.41, 5.74) is 2.25. The van der Waals surface area contributed by atoms with Crippen molar-refractivity contribution < 1.29 is 34.4 Å². The van der Waals surface area contributed by atoms with Crippen LogP contribution in [-0.4, -0.2) is 68.9 Å². The number of aliphatic hydroxyl groups is 1. The monoisotopic (exact) mass is 511 g/mol. The number of hydrogen-bond donors (Lipinski definition) is 4. The zero-order chi connectivity index (χ0) is 27.0. The first-order chi connectivity index (χ1) is 17.7. The van der Waals surface area contributed by atoms with Crippen molar-refractivity contribution in [2.75, 3.05) is 19.8 Å². The molecule has 1 heterocycles. The topological polar surface area (TPSA) is 143 Å². The van der Waals surface area contributed by atoms with E-state index in [-0.39, 0.29) is 6.61 Å². The van der Waals surface area contributed by atoms with E-state index in [4.69, 9.17) is 19.7 Å². The molecule has 3 aromatic rings. The molecule has 1 unspecified atom stereocenters. The molecule has 37 heavy (non-hydrogen) atoms. The highest BCUT2D eigenvalue weighted by Crippen LogP contribution is 2.19. The molecule has 3 rings (SSSR count). The molecule has 10 nitrogen and oxygen atoms in total. The van der Waals surface area contributed by atoms with Crippen molar-refractivity contribution in [2.45, 2.75) is 32.5 Å². The quantitative estimate of drug-likeness (QED) is 0.255. The Kier molecular flexibility index (Phi) is 12.4. The highest BCUT2D eigenvalue weighted by atomic mass is 16.5. The largest absolute Gasteiger partial charge is 0.492 e. The van der Waals surface area contributed by atoms with Crippen LogP contribution in [0, 0.1) is 0 Å². The number of rotatable bonds is 13. The molecule has 4 N–H and O–H groups in total. The van der Waals surface area contributed by atoms with Crippen LogP contribution >= 0.6 is 0 Å². The van der Waals surface area contributed by atoms with Gasteiger partial charge < -0.3 is 30.1 Å². The Morgan fingerprint density at radius 2 is 1.54 bits per heavy atom. The van der Waals surface area contributed by atoms with Gasteiger partial charge in [0.1, 0.15) is 30.8 Å². The lowest BCUT2D eigenvalue weighted by Gasteiger charge is -2.15. The van der Waals surface area contributed by atoms with Gasteiger partial charge in [0.2, 0.25) is 0 Å². The van der Waals surface area contributed by atoms with Gasteiger partial charge in [-0.05, 0) is 29.8 Å². The number of nitrogens with zero attached hydrogens (tertiary/aromatic N) is 2. The van der Waals surface area contributed by atoms with Crippen LogP contribution in [0.5, 0.6) is 11.5 Å². The maximum absolute atomic E-state index is 9.89. The highest BCUT2D eigenvalue weighted by Gasteiger charge is 2.06. The number of nitrogens with one attached hydrogen (secondary N) is 1. The molecule has 0 saturated carbocycles. The van der Waals surface area contributed by atoms with Crippen LogP contribution in [0.15, 0.2) is 79.1 Å². The van der Waals surface area contributed by atoms with Gasteiger partial charge in [-0.3, -0.25) is 4.68 Å². The summed E-state index contributed by atoms with van der Waals surface area (Å²) in [6.07, 6.45) is 4.47. The number of carboxylic acids is 2. The fourth-order valence-corrected chi connectivity index (χ4v) is 2.92. The second-order valence-corrected chi connectivity index (χ2v) is 8.22. The van der Waals surface area contributed by atoms with Gasteiger partial charge in [0, 0.05) is 36.5 Å². The van der Waals surface area contributed by atoms with E-state index in [1.165, 1.54) is 0 Å². The Bertz CT molecular complexity index is 1100. The summed E-state index contributed by atoms with van der Waals surface area (Å²) in [6, 6.07) is 18.0. The Labute approximate surface area is 215 Å². The van der Waals surface area contributed by atoms with Gasteiger partial charge in [0.05, 0.1) is 12.7 Å². The Hall–Kier alpha value is -4.15. The van der Waals surface area contributed by atoms with Crippen molar-refractivity contribution in [3.8, 4) is 22.6 Å². The van der Waals surface area contributed by atoms with E-state index in [2.05, 4.69) is 22.5 Å². The molecular formula is C27H33N3O7. The van der Waals surface area contributed by atoms with Crippen LogP contribution in [-0.2, 0) is 16.1 Å². The fourth-order valence-electron chi connectivity index (χ4n) is 2.92. The standard InChI is InChI=1S/C23H29N3O3.C4H4O4/c1-18(2)24-15-21(27)17-29-23-10-8-22(9-11-23)28-13-12-26-16-20(14-25-26)19-6-4-3-5-7-19;5-3(6)1-2-4(7)8/h3-11,14,16,18,21,24,27H,12-13,15,17H2,1-2H3;1-2H,(H,5,6)(H,7,8)/b;2-1-. The molecule has 1 aromatic heterocycles. The molecule has 0 saturated heterocycles. The van der Waals surface area contributed by atoms with Crippen LogP contribution in [0.1, 0.15) is 13.8 Å². The summed E-state index contributed by atoms with van der Waals surface area (Å²) in [7, 11) is 0. The van der Waals surface area contributed by atoms with Crippen molar-refractivity contribution in [2.24, 2.45) is 0 Å². The van der Waals surface area contributed by atoms with Gasteiger partial charge in [0.15, 0.2) is 0 Å². The maximum Gasteiger partial charge on any atom is 0.328 e. The molecule has 0 aliphatic carbocycles. The molecule has 2 aromatic carbocycles. The van der Waals surface area contributed by atoms with Crippen molar-refractivity contribution in [1.82, 2.24) is 15.1 Å². The number of aliphatic hydroxyl groups excluding tert-OH is 1. The van der Waals surface area contributed by atoms with Gasteiger partial charge in [-0.25, -0.2) is 9.59 Å². The zero-order valence-electron chi connectivity index (χ0n) is 20.9. The van der Waals surface area contributed by atoms with Crippen LogP contribution < -0.4 is 14.8 Å². The second kappa shape index (κ2) is 15.8. The molecule has 0 aliphatic heterocycles. The second-order valence-electron chi connectivity index (χ2n) is 8.22. The van der Waals surface area contributed by atoms with E-state index in [1.807, 2.05) is 73.4 Å². The highest BCUT2D eigenvalue weighted by molar-refractivity contribution is 5.89. The average molecular weight is 512 g/mol. The summed E-state index contributed by atoms with van der Waals surface area (Å²) in [4.78, 5) is 19.1.